The molecule has 6 heteroatoms. The van der Waals surface area contributed by atoms with E-state index in [0.29, 0.717) is 5.84 Å². The zero-order valence-corrected chi connectivity index (χ0v) is 28.5. The van der Waals surface area contributed by atoms with Crippen LogP contribution in [0, 0.1) is 0 Å². The molecule has 246 valence electrons. The van der Waals surface area contributed by atoms with Gasteiger partial charge in [-0.1, -0.05) is 116 Å². The Bertz CT molecular complexity index is 2710. The molecule has 6 nitrogen and oxygen atoms in total. The maximum atomic E-state index is 5.31. The third-order valence-corrected chi connectivity index (χ3v) is 9.73. The molecule has 1 aliphatic heterocycles. The van der Waals surface area contributed by atoms with Gasteiger partial charge in [0.25, 0.3) is 0 Å². The van der Waals surface area contributed by atoms with Gasteiger partial charge in [-0.3, -0.25) is 4.57 Å². The van der Waals surface area contributed by atoms with Crippen molar-refractivity contribution in [2.75, 3.05) is 0 Å². The molecule has 0 bridgehead atoms. The number of hydrogen-bond donors (Lipinski definition) is 1. The average molecular weight is 661 g/mol. The summed E-state index contributed by atoms with van der Waals surface area (Å²) >= 11 is 0. The lowest BCUT2D eigenvalue weighted by atomic mass is 10.1. The minimum Gasteiger partial charge on any atom is -0.344 e. The number of amidine groups is 2. The van der Waals surface area contributed by atoms with E-state index in [4.69, 9.17) is 15.0 Å². The Kier molecular flexibility index (Phi) is 7.62. The van der Waals surface area contributed by atoms with Crippen molar-refractivity contribution < 1.29 is 0 Å². The quantitative estimate of drug-likeness (QED) is 0.173. The first-order valence-electron chi connectivity index (χ1n) is 17.5. The van der Waals surface area contributed by atoms with Crippen molar-refractivity contribution in [3.8, 4) is 11.5 Å². The van der Waals surface area contributed by atoms with Crippen LogP contribution in [0.4, 0.5) is 0 Å². The molecule has 0 saturated carbocycles. The topological polar surface area (TPSA) is 59.5 Å². The third-order valence-electron chi connectivity index (χ3n) is 9.73. The molecule has 9 rings (SSSR count). The van der Waals surface area contributed by atoms with E-state index in [-0.39, 0.29) is 6.17 Å². The summed E-state index contributed by atoms with van der Waals surface area (Å²) < 4.78 is 4.65. The van der Waals surface area contributed by atoms with Gasteiger partial charge in [0, 0.05) is 32.8 Å². The highest BCUT2D eigenvalue weighted by atomic mass is 15.2. The molecule has 1 N–H and O–H groups in total. The summed E-state index contributed by atoms with van der Waals surface area (Å²) in [5.41, 5.74) is 8.56. The lowest BCUT2D eigenvalue weighted by Gasteiger charge is -2.24. The van der Waals surface area contributed by atoms with E-state index in [9.17, 15) is 0 Å². The number of aromatic nitrogens is 3. The zero-order chi connectivity index (χ0) is 34.3. The van der Waals surface area contributed by atoms with Crippen LogP contribution < -0.4 is 5.32 Å². The molecule has 1 aliphatic rings. The fourth-order valence-electron chi connectivity index (χ4n) is 7.32. The maximum Gasteiger partial charge on any atom is 0.178 e. The number of aliphatic imine (C=N–C) groups is 2. The van der Waals surface area contributed by atoms with Crippen LogP contribution in [-0.2, 0) is 0 Å². The molecule has 0 radical (unpaired) electrons. The Balaban J connectivity index is 1.27. The van der Waals surface area contributed by atoms with Gasteiger partial charge < -0.3 is 9.88 Å². The Hall–Kier alpha value is -6.53. The predicted octanol–water partition coefficient (Wildman–Crippen LogP) is 10.3. The minimum atomic E-state index is -0.263. The Morgan fingerprint density at radius 3 is 2.02 bits per heavy atom. The smallest absolute Gasteiger partial charge is 0.178 e. The second-order valence-corrected chi connectivity index (χ2v) is 12.8. The molecule has 4 heterocycles. The van der Waals surface area contributed by atoms with Crippen LogP contribution >= 0.6 is 0 Å². The lowest BCUT2D eigenvalue weighted by molar-refractivity contribution is 0.691. The molecule has 51 heavy (non-hydrogen) atoms. The molecular weight excluding hydrogens is 625 g/mol. The van der Waals surface area contributed by atoms with Gasteiger partial charge in [-0.05, 0) is 67.4 Å². The second-order valence-electron chi connectivity index (χ2n) is 12.8. The summed E-state index contributed by atoms with van der Waals surface area (Å²) in [6.07, 6.45) is 6.84. The van der Waals surface area contributed by atoms with Crippen molar-refractivity contribution in [3.05, 3.63) is 175 Å². The highest BCUT2D eigenvalue weighted by Gasteiger charge is 2.23. The van der Waals surface area contributed by atoms with Gasteiger partial charge in [-0.25, -0.2) is 15.0 Å². The summed E-state index contributed by atoms with van der Waals surface area (Å²) in [5.74, 6) is 2.20. The predicted molar refractivity (Wildman–Crippen MR) is 213 cm³/mol. The van der Waals surface area contributed by atoms with Gasteiger partial charge in [0.15, 0.2) is 5.84 Å². The summed E-state index contributed by atoms with van der Waals surface area (Å²) in [7, 11) is 0. The molecule has 0 saturated heterocycles. The number of allylic oxidation sites excluding steroid dienone is 3. The van der Waals surface area contributed by atoms with Crippen molar-refractivity contribution >= 4 is 55.3 Å². The maximum absolute atomic E-state index is 5.31. The summed E-state index contributed by atoms with van der Waals surface area (Å²) in [5, 5.41) is 8.42. The number of para-hydroxylation sites is 3. The minimum absolute atomic E-state index is 0.263. The van der Waals surface area contributed by atoms with E-state index in [0.717, 1.165) is 51.6 Å². The van der Waals surface area contributed by atoms with Crippen LogP contribution in [-0.4, -0.2) is 32.0 Å². The molecule has 0 fully saturated rings. The van der Waals surface area contributed by atoms with E-state index in [1.807, 2.05) is 37.3 Å². The van der Waals surface area contributed by atoms with Gasteiger partial charge in [-0.2, -0.15) is 0 Å². The van der Waals surface area contributed by atoms with Crippen LogP contribution in [0.3, 0.4) is 0 Å². The van der Waals surface area contributed by atoms with E-state index in [1.54, 1.807) is 0 Å². The van der Waals surface area contributed by atoms with Crippen molar-refractivity contribution in [2.24, 2.45) is 9.98 Å². The van der Waals surface area contributed by atoms with E-state index >= 15 is 0 Å². The molecule has 0 amide bonds. The normalized spacial score (nSPS) is 15.2. The largest absolute Gasteiger partial charge is 0.344 e. The number of nitrogens with one attached hydrogen (secondary N) is 1. The summed E-state index contributed by atoms with van der Waals surface area (Å²) in [4.78, 5) is 15.5. The highest BCUT2D eigenvalue weighted by Crippen LogP contribution is 2.39. The Labute approximate surface area is 296 Å². The number of fused-ring (bicyclic) bond motifs is 6. The van der Waals surface area contributed by atoms with Crippen molar-refractivity contribution in [2.45, 2.75) is 26.4 Å². The Morgan fingerprint density at radius 2 is 1.31 bits per heavy atom. The Morgan fingerprint density at radius 1 is 0.667 bits per heavy atom. The van der Waals surface area contributed by atoms with Crippen molar-refractivity contribution in [1.82, 2.24) is 19.4 Å². The van der Waals surface area contributed by atoms with Crippen LogP contribution in [0.1, 0.15) is 31.5 Å². The number of hydrogen-bond acceptors (Lipinski definition) is 4. The molecule has 0 spiro atoms. The second kappa shape index (κ2) is 12.7. The summed E-state index contributed by atoms with van der Waals surface area (Å²) in [6, 6.07) is 49.0. The highest BCUT2D eigenvalue weighted by molar-refractivity contribution is 6.19. The van der Waals surface area contributed by atoms with Crippen LogP contribution in [0.25, 0.3) is 55.1 Å². The van der Waals surface area contributed by atoms with E-state index in [2.05, 4.69) is 149 Å². The van der Waals surface area contributed by atoms with Crippen LogP contribution in [0.2, 0.25) is 0 Å². The summed E-state index contributed by atoms with van der Waals surface area (Å²) in [6.45, 7) is 4.19. The number of pyridine rings is 1. The van der Waals surface area contributed by atoms with Crippen LogP contribution in [0.5, 0.6) is 0 Å². The molecule has 3 aromatic heterocycles. The van der Waals surface area contributed by atoms with Crippen molar-refractivity contribution in [1.29, 1.82) is 0 Å². The fourth-order valence-corrected chi connectivity index (χ4v) is 7.32. The van der Waals surface area contributed by atoms with Crippen molar-refractivity contribution in [3.63, 3.8) is 0 Å². The van der Waals surface area contributed by atoms with Gasteiger partial charge in [0.1, 0.15) is 23.5 Å². The van der Waals surface area contributed by atoms with Crippen LogP contribution in [0.15, 0.2) is 173 Å². The van der Waals surface area contributed by atoms with Gasteiger partial charge in [0.2, 0.25) is 0 Å². The van der Waals surface area contributed by atoms with E-state index < -0.39 is 0 Å². The first-order valence-corrected chi connectivity index (χ1v) is 17.5. The lowest BCUT2D eigenvalue weighted by Crippen LogP contribution is -2.40. The first kappa shape index (κ1) is 30.5. The number of rotatable bonds is 7. The SMILES string of the molecule is C/C=C\C=C(/CC)C1N=C(c2cccc(-n3c4ccccc4c4cc5c6ccccc6n(-c6ccccc6)c5cc43)n2)N=C(c2ccccc2)N1. The monoisotopic (exact) mass is 660 g/mol. The van der Waals surface area contributed by atoms with E-state index in [1.165, 1.54) is 32.6 Å². The molecule has 1 atom stereocenters. The van der Waals surface area contributed by atoms with Gasteiger partial charge in [0.05, 0.1) is 22.1 Å². The van der Waals surface area contributed by atoms with Gasteiger partial charge in [-0.15, -0.1) is 0 Å². The standard InChI is InChI=1S/C45H36N6/c1-3-5-17-30(4-2)43-47-44(31-18-8-6-9-19-31)49-45(48-43)37-24-16-27-42(46-37)51-39-26-15-13-23-34(39)36-28-35-33-22-12-14-25-38(33)50(40(35)29-41(36)51)32-20-10-7-11-21-32/h3,5-29,43H,4H2,1-2H3,(H,47,48,49)/b5-3-,30-17+. The molecule has 0 aliphatic carbocycles. The average Bonchev–Trinajstić information content (AvgIpc) is 3.70. The number of nitrogens with zero attached hydrogens (tertiary/aromatic N) is 5. The molecular formula is C45H36N6. The third kappa shape index (κ3) is 5.24. The fraction of sp³-hybridized carbons (Fsp3) is 0.0889. The molecule has 5 aromatic carbocycles. The molecule has 1 unspecified atom stereocenters. The first-order chi connectivity index (χ1) is 25.2. The van der Waals surface area contributed by atoms with Gasteiger partial charge >= 0.3 is 0 Å². The molecule has 8 aromatic rings. The zero-order valence-electron chi connectivity index (χ0n) is 28.5. The number of benzene rings is 5.